The van der Waals surface area contributed by atoms with E-state index in [9.17, 15) is 4.79 Å². The van der Waals surface area contributed by atoms with Crippen LogP contribution in [0.2, 0.25) is 0 Å². The number of H-pyrrole nitrogens is 1. The average molecular weight is 255 g/mol. The van der Waals surface area contributed by atoms with Crippen LogP contribution >= 0.6 is 0 Å². The molecule has 0 radical (unpaired) electrons. The highest BCUT2D eigenvalue weighted by Crippen LogP contribution is 2.16. The van der Waals surface area contributed by atoms with Crippen LogP contribution in [0.15, 0.2) is 36.7 Å². The summed E-state index contributed by atoms with van der Waals surface area (Å²) in [5.41, 5.74) is 3.40. The topological polar surface area (TPSA) is 49.0 Å². The number of aryl methyl sites for hydroxylation is 1. The highest BCUT2D eigenvalue weighted by molar-refractivity contribution is 5.76. The third-order valence-electron chi connectivity index (χ3n) is 3.60. The first-order valence-corrected chi connectivity index (χ1v) is 6.66. The molecule has 0 atom stereocenters. The van der Waals surface area contributed by atoms with Gasteiger partial charge in [-0.2, -0.15) is 0 Å². The summed E-state index contributed by atoms with van der Waals surface area (Å²) in [5.74, 6) is 0.220. The van der Waals surface area contributed by atoms with E-state index in [0.29, 0.717) is 13.0 Å². The van der Waals surface area contributed by atoms with Crippen LogP contribution in [0, 0.1) is 0 Å². The van der Waals surface area contributed by atoms with E-state index in [0.717, 1.165) is 25.1 Å². The fourth-order valence-corrected chi connectivity index (χ4v) is 2.48. The van der Waals surface area contributed by atoms with Crippen LogP contribution in [-0.2, 0) is 24.2 Å². The van der Waals surface area contributed by atoms with E-state index < -0.39 is 0 Å². The molecule has 2 heterocycles. The van der Waals surface area contributed by atoms with E-state index >= 15 is 0 Å². The van der Waals surface area contributed by atoms with Crippen molar-refractivity contribution in [1.82, 2.24) is 14.9 Å². The van der Waals surface area contributed by atoms with Crippen molar-refractivity contribution in [3.8, 4) is 0 Å². The number of carbonyl (C=O) groups is 1. The Balaban J connectivity index is 1.57. The quantitative estimate of drug-likeness (QED) is 0.911. The number of imidazole rings is 1. The predicted octanol–water partition coefficient (Wildman–Crippen LogP) is 1.93. The van der Waals surface area contributed by atoms with Crippen molar-refractivity contribution in [3.05, 3.63) is 53.6 Å². The number of nitrogens with one attached hydrogen (secondary N) is 1. The number of amides is 1. The highest BCUT2D eigenvalue weighted by atomic mass is 16.2. The predicted molar refractivity (Wildman–Crippen MR) is 72.5 cm³/mol. The molecule has 4 nitrogen and oxygen atoms in total. The van der Waals surface area contributed by atoms with Crippen molar-refractivity contribution in [2.45, 2.75) is 25.8 Å². The van der Waals surface area contributed by atoms with Crippen LogP contribution in [0.3, 0.4) is 0 Å². The van der Waals surface area contributed by atoms with Gasteiger partial charge in [-0.3, -0.25) is 4.79 Å². The van der Waals surface area contributed by atoms with Gasteiger partial charge < -0.3 is 9.88 Å². The van der Waals surface area contributed by atoms with Gasteiger partial charge in [-0.1, -0.05) is 30.3 Å². The zero-order valence-electron chi connectivity index (χ0n) is 10.8. The van der Waals surface area contributed by atoms with Gasteiger partial charge in [0.15, 0.2) is 0 Å². The molecule has 19 heavy (non-hydrogen) atoms. The van der Waals surface area contributed by atoms with Gasteiger partial charge in [0, 0.05) is 25.1 Å². The van der Waals surface area contributed by atoms with Crippen LogP contribution in [-0.4, -0.2) is 27.3 Å². The van der Waals surface area contributed by atoms with Crippen LogP contribution in [0.4, 0.5) is 0 Å². The van der Waals surface area contributed by atoms with Crippen molar-refractivity contribution >= 4 is 5.91 Å². The Kier molecular flexibility index (Phi) is 3.31. The monoisotopic (exact) mass is 255 g/mol. The summed E-state index contributed by atoms with van der Waals surface area (Å²) in [6, 6.07) is 10.1. The number of aromatic amines is 1. The van der Waals surface area contributed by atoms with Crippen LogP contribution in [0.25, 0.3) is 0 Å². The van der Waals surface area contributed by atoms with Crippen LogP contribution in [0.5, 0.6) is 0 Å². The lowest BCUT2D eigenvalue weighted by atomic mass is 10.1. The largest absolute Gasteiger partial charge is 0.348 e. The molecule has 0 aliphatic carbocycles. The number of rotatable bonds is 3. The molecule has 0 fully saturated rings. The van der Waals surface area contributed by atoms with Gasteiger partial charge in [0.1, 0.15) is 0 Å². The first-order valence-electron chi connectivity index (χ1n) is 6.66. The molecule has 1 aliphatic heterocycles. The lowest BCUT2D eigenvalue weighted by molar-refractivity contribution is -0.132. The molecule has 1 N–H and O–H groups in total. The molecule has 4 heteroatoms. The number of benzene rings is 1. The molecule has 0 unspecified atom stereocenters. The molecule has 1 aromatic carbocycles. The number of aromatic nitrogens is 2. The number of fused-ring (bicyclic) bond motifs is 1. The van der Waals surface area contributed by atoms with Crippen LogP contribution < -0.4 is 0 Å². The highest BCUT2D eigenvalue weighted by Gasteiger charge is 2.21. The van der Waals surface area contributed by atoms with E-state index in [1.807, 2.05) is 23.1 Å². The van der Waals surface area contributed by atoms with Crippen molar-refractivity contribution in [2.24, 2.45) is 0 Å². The Labute approximate surface area is 112 Å². The first-order chi connectivity index (χ1) is 9.33. The second-order valence-electron chi connectivity index (χ2n) is 4.88. The van der Waals surface area contributed by atoms with Gasteiger partial charge in [-0.15, -0.1) is 0 Å². The molecule has 98 valence electrons. The number of carbonyl (C=O) groups excluding carboxylic acids is 1. The summed E-state index contributed by atoms with van der Waals surface area (Å²) in [7, 11) is 0. The summed E-state index contributed by atoms with van der Waals surface area (Å²) in [6.07, 6.45) is 3.97. The van der Waals surface area contributed by atoms with Crippen molar-refractivity contribution < 1.29 is 4.79 Å². The zero-order chi connectivity index (χ0) is 13.1. The summed E-state index contributed by atoms with van der Waals surface area (Å²) >= 11 is 0. The lowest BCUT2D eigenvalue weighted by Crippen LogP contribution is -2.36. The maximum absolute atomic E-state index is 12.2. The van der Waals surface area contributed by atoms with Crippen molar-refractivity contribution in [2.75, 3.05) is 6.54 Å². The van der Waals surface area contributed by atoms with E-state index in [-0.39, 0.29) is 5.91 Å². The van der Waals surface area contributed by atoms with Gasteiger partial charge in [-0.05, 0) is 12.0 Å². The molecule has 2 aromatic rings. The molecule has 1 amide bonds. The Morgan fingerprint density at radius 2 is 2.16 bits per heavy atom. The van der Waals surface area contributed by atoms with Crippen LogP contribution in [0.1, 0.15) is 23.4 Å². The third kappa shape index (κ3) is 2.67. The van der Waals surface area contributed by atoms with Gasteiger partial charge in [0.05, 0.1) is 18.6 Å². The Morgan fingerprint density at radius 1 is 1.32 bits per heavy atom. The van der Waals surface area contributed by atoms with E-state index in [1.165, 1.54) is 11.3 Å². The molecule has 1 aliphatic rings. The minimum atomic E-state index is 0.220. The Hall–Kier alpha value is -2.10. The molecular formula is C15H17N3O. The first kappa shape index (κ1) is 12.0. The van der Waals surface area contributed by atoms with Crippen molar-refractivity contribution in [3.63, 3.8) is 0 Å². The van der Waals surface area contributed by atoms with E-state index in [4.69, 9.17) is 0 Å². The number of nitrogens with zero attached hydrogens (tertiary/aromatic N) is 2. The Bertz CT molecular complexity index is 562. The lowest BCUT2D eigenvalue weighted by Gasteiger charge is -2.26. The fraction of sp³-hybridized carbons (Fsp3) is 0.333. The SMILES string of the molecule is O=C(CCc1ccccc1)N1CCc2[nH]cnc2C1. The van der Waals surface area contributed by atoms with Gasteiger partial charge in [-0.25, -0.2) is 4.98 Å². The average Bonchev–Trinajstić information content (AvgIpc) is 2.93. The van der Waals surface area contributed by atoms with E-state index in [1.54, 1.807) is 6.33 Å². The molecule has 0 spiro atoms. The summed E-state index contributed by atoms with van der Waals surface area (Å²) < 4.78 is 0. The zero-order valence-corrected chi connectivity index (χ0v) is 10.8. The molecule has 1 aromatic heterocycles. The van der Waals surface area contributed by atoms with Gasteiger partial charge >= 0.3 is 0 Å². The molecule has 0 saturated carbocycles. The van der Waals surface area contributed by atoms with Gasteiger partial charge in [0.25, 0.3) is 0 Å². The third-order valence-corrected chi connectivity index (χ3v) is 3.60. The maximum Gasteiger partial charge on any atom is 0.223 e. The number of hydrogen-bond donors (Lipinski definition) is 1. The second-order valence-corrected chi connectivity index (χ2v) is 4.88. The van der Waals surface area contributed by atoms with E-state index in [2.05, 4.69) is 22.1 Å². The molecule has 0 bridgehead atoms. The molecular weight excluding hydrogens is 238 g/mol. The summed E-state index contributed by atoms with van der Waals surface area (Å²) in [5, 5.41) is 0. The minimum absolute atomic E-state index is 0.220. The van der Waals surface area contributed by atoms with Gasteiger partial charge in [0.2, 0.25) is 5.91 Å². The fourth-order valence-electron chi connectivity index (χ4n) is 2.48. The smallest absolute Gasteiger partial charge is 0.223 e. The Morgan fingerprint density at radius 3 is 3.00 bits per heavy atom. The van der Waals surface area contributed by atoms with Crippen molar-refractivity contribution in [1.29, 1.82) is 0 Å². The molecule has 3 rings (SSSR count). The number of hydrogen-bond acceptors (Lipinski definition) is 2. The summed E-state index contributed by atoms with van der Waals surface area (Å²) in [4.78, 5) is 21.5. The summed E-state index contributed by atoms with van der Waals surface area (Å²) in [6.45, 7) is 1.44. The standard InChI is InChI=1S/C15H17N3O/c19-15(7-6-12-4-2-1-3-5-12)18-9-8-13-14(10-18)17-11-16-13/h1-5,11H,6-10H2,(H,16,17). The minimum Gasteiger partial charge on any atom is -0.348 e. The second kappa shape index (κ2) is 5.26. The molecule has 0 saturated heterocycles. The maximum atomic E-state index is 12.2. The normalized spacial score (nSPS) is 14.2.